The lowest BCUT2D eigenvalue weighted by Crippen LogP contribution is -2.43. The van der Waals surface area contributed by atoms with Crippen molar-refractivity contribution in [2.45, 2.75) is 31.8 Å². The average Bonchev–Trinajstić information content (AvgIpc) is 2.74. The van der Waals surface area contributed by atoms with Gasteiger partial charge >= 0.3 is 0 Å². The van der Waals surface area contributed by atoms with Gasteiger partial charge in [-0.15, -0.1) is 0 Å². The summed E-state index contributed by atoms with van der Waals surface area (Å²) in [5, 5.41) is 25.5. The van der Waals surface area contributed by atoms with E-state index in [1.54, 1.807) is 54.6 Å². The van der Waals surface area contributed by atoms with Crippen LogP contribution in [0.25, 0.3) is 0 Å². The van der Waals surface area contributed by atoms with Crippen molar-refractivity contribution in [3.05, 3.63) is 101 Å². The molecule has 0 atom stereocenters. The van der Waals surface area contributed by atoms with Crippen molar-refractivity contribution in [1.82, 2.24) is 5.43 Å². The Morgan fingerprint density at radius 2 is 1.40 bits per heavy atom. The summed E-state index contributed by atoms with van der Waals surface area (Å²) >= 11 is 0. The van der Waals surface area contributed by atoms with Crippen LogP contribution in [0.3, 0.4) is 0 Å². The van der Waals surface area contributed by atoms with E-state index in [9.17, 15) is 15.0 Å². The Bertz CT molecular complexity index is 999. The maximum absolute atomic E-state index is 13.0. The molecule has 5 heteroatoms. The Labute approximate surface area is 176 Å². The molecule has 0 saturated heterocycles. The molecule has 3 rings (SSSR count). The van der Waals surface area contributed by atoms with Gasteiger partial charge in [-0.25, -0.2) is 5.43 Å². The summed E-state index contributed by atoms with van der Waals surface area (Å²) in [6.45, 7) is 6.21. The second-order valence-corrected chi connectivity index (χ2v) is 8.17. The van der Waals surface area contributed by atoms with Crippen LogP contribution in [0, 0.1) is 0 Å². The molecule has 154 valence electrons. The highest BCUT2D eigenvalue weighted by atomic mass is 16.3. The maximum atomic E-state index is 13.0. The molecule has 3 aromatic carbocycles. The second kappa shape index (κ2) is 8.51. The van der Waals surface area contributed by atoms with Crippen LogP contribution >= 0.6 is 0 Å². The Balaban J connectivity index is 1.90. The highest BCUT2D eigenvalue weighted by Crippen LogP contribution is 2.30. The van der Waals surface area contributed by atoms with E-state index in [0.717, 1.165) is 5.56 Å². The SMILES string of the molecule is CC(C)(C)c1ccc(O)c(C=NNC(=O)C(O)(c2ccccc2)c2ccccc2)c1. The summed E-state index contributed by atoms with van der Waals surface area (Å²) in [7, 11) is 0. The summed E-state index contributed by atoms with van der Waals surface area (Å²) in [6.07, 6.45) is 1.37. The Kier molecular flexibility index (Phi) is 6.04. The van der Waals surface area contributed by atoms with E-state index >= 15 is 0 Å². The first kappa shape index (κ1) is 21.3. The number of amides is 1. The molecule has 0 aromatic heterocycles. The highest BCUT2D eigenvalue weighted by molar-refractivity contribution is 5.91. The van der Waals surface area contributed by atoms with Crippen LogP contribution in [0.4, 0.5) is 0 Å². The van der Waals surface area contributed by atoms with Gasteiger partial charge in [0.1, 0.15) is 5.75 Å². The maximum Gasteiger partial charge on any atom is 0.281 e. The van der Waals surface area contributed by atoms with Gasteiger partial charge in [-0.05, 0) is 34.2 Å². The van der Waals surface area contributed by atoms with Crippen LogP contribution in [0.1, 0.15) is 43.0 Å². The quantitative estimate of drug-likeness (QED) is 0.444. The van der Waals surface area contributed by atoms with Gasteiger partial charge in [0.15, 0.2) is 5.60 Å². The molecule has 30 heavy (non-hydrogen) atoms. The summed E-state index contributed by atoms with van der Waals surface area (Å²) in [5.41, 5.74) is 2.79. The summed E-state index contributed by atoms with van der Waals surface area (Å²) in [6, 6.07) is 22.7. The predicted molar refractivity (Wildman–Crippen MR) is 118 cm³/mol. The topological polar surface area (TPSA) is 81.9 Å². The van der Waals surface area contributed by atoms with Gasteiger partial charge in [0.25, 0.3) is 5.91 Å². The van der Waals surface area contributed by atoms with E-state index in [-0.39, 0.29) is 11.2 Å². The van der Waals surface area contributed by atoms with Gasteiger partial charge in [-0.2, -0.15) is 5.10 Å². The Morgan fingerprint density at radius 1 is 0.867 bits per heavy atom. The van der Waals surface area contributed by atoms with Crippen LogP contribution in [-0.4, -0.2) is 22.3 Å². The third-order valence-corrected chi connectivity index (χ3v) is 4.98. The minimum atomic E-state index is -1.91. The van der Waals surface area contributed by atoms with Crippen molar-refractivity contribution in [2.75, 3.05) is 0 Å². The van der Waals surface area contributed by atoms with E-state index in [1.165, 1.54) is 6.21 Å². The molecule has 0 fully saturated rings. The van der Waals surface area contributed by atoms with Gasteiger partial charge in [-0.3, -0.25) is 4.79 Å². The van der Waals surface area contributed by atoms with Crippen molar-refractivity contribution < 1.29 is 15.0 Å². The molecule has 0 aliphatic heterocycles. The van der Waals surface area contributed by atoms with Crippen molar-refractivity contribution in [1.29, 1.82) is 0 Å². The largest absolute Gasteiger partial charge is 0.507 e. The average molecular weight is 402 g/mol. The van der Waals surface area contributed by atoms with Crippen molar-refractivity contribution in [3.63, 3.8) is 0 Å². The number of benzene rings is 3. The van der Waals surface area contributed by atoms with Crippen molar-refractivity contribution >= 4 is 12.1 Å². The molecular formula is C25H26N2O3. The number of carbonyl (C=O) groups is 1. The highest BCUT2D eigenvalue weighted by Gasteiger charge is 2.39. The Hall–Kier alpha value is -3.44. The fraction of sp³-hybridized carbons (Fsp3) is 0.200. The third-order valence-electron chi connectivity index (χ3n) is 4.98. The molecule has 0 unspecified atom stereocenters. The number of nitrogens with zero attached hydrogens (tertiary/aromatic N) is 1. The molecule has 0 bridgehead atoms. The smallest absolute Gasteiger partial charge is 0.281 e. The molecule has 0 aliphatic carbocycles. The van der Waals surface area contributed by atoms with Crippen LogP contribution in [0.5, 0.6) is 5.75 Å². The molecule has 0 saturated carbocycles. The first-order valence-corrected chi connectivity index (χ1v) is 9.73. The van der Waals surface area contributed by atoms with Gasteiger partial charge in [0.2, 0.25) is 0 Å². The minimum Gasteiger partial charge on any atom is -0.507 e. The number of hydrogen-bond donors (Lipinski definition) is 3. The lowest BCUT2D eigenvalue weighted by atomic mass is 9.85. The van der Waals surface area contributed by atoms with Crippen LogP contribution < -0.4 is 5.43 Å². The third kappa shape index (κ3) is 4.42. The predicted octanol–water partition coefficient (Wildman–Crippen LogP) is 4.08. The zero-order valence-corrected chi connectivity index (χ0v) is 17.3. The fourth-order valence-corrected chi connectivity index (χ4v) is 3.15. The molecule has 1 amide bonds. The van der Waals surface area contributed by atoms with E-state index in [2.05, 4.69) is 31.3 Å². The van der Waals surface area contributed by atoms with Crippen LogP contribution in [0.15, 0.2) is 84.0 Å². The summed E-state index contributed by atoms with van der Waals surface area (Å²) < 4.78 is 0. The zero-order valence-electron chi connectivity index (χ0n) is 17.3. The number of aliphatic hydroxyl groups is 1. The molecule has 3 N–H and O–H groups in total. The van der Waals surface area contributed by atoms with Crippen molar-refractivity contribution in [2.24, 2.45) is 5.10 Å². The number of rotatable bonds is 5. The van der Waals surface area contributed by atoms with Crippen LogP contribution in [0.2, 0.25) is 0 Å². The molecule has 0 heterocycles. The van der Waals surface area contributed by atoms with E-state index in [0.29, 0.717) is 16.7 Å². The number of aromatic hydroxyl groups is 1. The van der Waals surface area contributed by atoms with Crippen LogP contribution in [-0.2, 0) is 15.8 Å². The standard InChI is InChI=1S/C25H26N2O3/c1-24(2,3)21-14-15-22(28)18(16-21)17-26-27-23(29)25(30,19-10-6-4-7-11-19)20-12-8-5-9-13-20/h4-17,28,30H,1-3H3,(H,27,29). The number of nitrogens with one attached hydrogen (secondary N) is 1. The van der Waals surface area contributed by atoms with Gasteiger partial charge < -0.3 is 10.2 Å². The zero-order chi connectivity index (χ0) is 21.8. The summed E-state index contributed by atoms with van der Waals surface area (Å²) in [5.74, 6) is -0.634. The second-order valence-electron chi connectivity index (χ2n) is 8.17. The van der Waals surface area contributed by atoms with Gasteiger partial charge in [0, 0.05) is 5.56 Å². The molecule has 0 radical (unpaired) electrons. The lowest BCUT2D eigenvalue weighted by molar-refractivity contribution is -0.136. The number of hydrazone groups is 1. The monoisotopic (exact) mass is 402 g/mol. The normalized spacial score (nSPS) is 12.1. The van der Waals surface area contributed by atoms with Gasteiger partial charge in [-0.1, -0.05) is 87.5 Å². The molecular weight excluding hydrogens is 376 g/mol. The molecule has 5 nitrogen and oxygen atoms in total. The van der Waals surface area contributed by atoms with Crippen molar-refractivity contribution in [3.8, 4) is 5.75 Å². The number of phenols is 1. The first-order valence-electron chi connectivity index (χ1n) is 9.73. The number of hydrogen-bond acceptors (Lipinski definition) is 4. The van der Waals surface area contributed by atoms with E-state index < -0.39 is 11.5 Å². The first-order chi connectivity index (χ1) is 14.2. The lowest BCUT2D eigenvalue weighted by Gasteiger charge is -2.27. The van der Waals surface area contributed by atoms with Gasteiger partial charge in [0.05, 0.1) is 6.21 Å². The number of carbonyl (C=O) groups excluding carboxylic acids is 1. The molecule has 0 spiro atoms. The van der Waals surface area contributed by atoms with E-state index in [4.69, 9.17) is 0 Å². The number of phenolic OH excluding ortho intramolecular Hbond substituents is 1. The fourth-order valence-electron chi connectivity index (χ4n) is 3.15. The molecule has 3 aromatic rings. The Morgan fingerprint density at radius 3 is 1.90 bits per heavy atom. The summed E-state index contributed by atoms with van der Waals surface area (Å²) in [4.78, 5) is 13.0. The van der Waals surface area contributed by atoms with E-state index in [1.807, 2.05) is 24.3 Å². The minimum absolute atomic E-state index is 0.0578. The molecule has 0 aliphatic rings.